The predicted molar refractivity (Wildman–Crippen MR) is 75.1 cm³/mol. The Morgan fingerprint density at radius 2 is 1.90 bits per heavy atom. The highest BCUT2D eigenvalue weighted by Gasteiger charge is 2.10. The second-order valence-corrected chi connectivity index (χ2v) is 4.67. The molecule has 2 rings (SSSR count). The highest BCUT2D eigenvalue weighted by atomic mass is 19.2. The molecule has 0 aliphatic heterocycles. The summed E-state index contributed by atoms with van der Waals surface area (Å²) in [5.74, 6) is -2.01. The standard InChI is InChI=1S/C14H14F2N4O/c1-8(2)19-13-7-17-12(6-18-13)14(21)20-9-3-4-10(15)11(16)5-9/h3-8H,1-2H3,(H,18,19)(H,20,21). The van der Waals surface area contributed by atoms with Crippen molar-refractivity contribution in [2.24, 2.45) is 0 Å². The molecule has 110 valence electrons. The fourth-order valence-electron chi connectivity index (χ4n) is 1.58. The van der Waals surface area contributed by atoms with Crippen molar-refractivity contribution in [3.63, 3.8) is 0 Å². The van der Waals surface area contributed by atoms with E-state index in [9.17, 15) is 13.6 Å². The van der Waals surface area contributed by atoms with Crippen LogP contribution in [0.25, 0.3) is 0 Å². The van der Waals surface area contributed by atoms with Gasteiger partial charge in [-0.1, -0.05) is 0 Å². The minimum absolute atomic E-state index is 0.0778. The first kappa shape index (κ1) is 14.8. The third-order valence-electron chi connectivity index (χ3n) is 2.50. The molecule has 0 saturated heterocycles. The molecule has 0 saturated carbocycles. The molecule has 2 aromatic rings. The van der Waals surface area contributed by atoms with E-state index in [1.165, 1.54) is 18.5 Å². The summed E-state index contributed by atoms with van der Waals surface area (Å²) >= 11 is 0. The molecule has 1 aromatic carbocycles. The summed E-state index contributed by atoms with van der Waals surface area (Å²) in [4.78, 5) is 19.9. The lowest BCUT2D eigenvalue weighted by atomic mass is 10.3. The van der Waals surface area contributed by atoms with E-state index in [1.54, 1.807) is 0 Å². The van der Waals surface area contributed by atoms with Gasteiger partial charge in [-0.2, -0.15) is 0 Å². The van der Waals surface area contributed by atoms with Crippen molar-refractivity contribution in [2.75, 3.05) is 10.6 Å². The fraction of sp³-hybridized carbons (Fsp3) is 0.214. The number of rotatable bonds is 4. The maximum absolute atomic E-state index is 13.0. The van der Waals surface area contributed by atoms with Crippen LogP contribution in [0.4, 0.5) is 20.3 Å². The molecule has 5 nitrogen and oxygen atoms in total. The van der Waals surface area contributed by atoms with Gasteiger partial charge in [0.15, 0.2) is 11.6 Å². The van der Waals surface area contributed by atoms with Gasteiger partial charge in [0, 0.05) is 17.8 Å². The van der Waals surface area contributed by atoms with Crippen molar-refractivity contribution in [1.82, 2.24) is 9.97 Å². The first-order chi connectivity index (χ1) is 9.95. The third-order valence-corrected chi connectivity index (χ3v) is 2.50. The molecule has 0 aliphatic carbocycles. The molecule has 2 N–H and O–H groups in total. The Kier molecular flexibility index (Phi) is 4.42. The van der Waals surface area contributed by atoms with Crippen molar-refractivity contribution < 1.29 is 13.6 Å². The van der Waals surface area contributed by atoms with Crippen LogP contribution in [0, 0.1) is 11.6 Å². The molecular weight excluding hydrogens is 278 g/mol. The molecule has 0 bridgehead atoms. The van der Waals surface area contributed by atoms with Crippen LogP contribution in [-0.2, 0) is 0 Å². The number of carbonyl (C=O) groups is 1. The van der Waals surface area contributed by atoms with E-state index in [2.05, 4.69) is 20.6 Å². The maximum Gasteiger partial charge on any atom is 0.275 e. The number of hydrogen-bond donors (Lipinski definition) is 2. The molecule has 1 amide bonds. The molecule has 0 aliphatic rings. The molecular formula is C14H14F2N4O. The third kappa shape index (κ3) is 3.95. The summed E-state index contributed by atoms with van der Waals surface area (Å²) < 4.78 is 25.8. The summed E-state index contributed by atoms with van der Waals surface area (Å²) in [6, 6.07) is 3.29. The van der Waals surface area contributed by atoms with E-state index < -0.39 is 17.5 Å². The molecule has 0 spiro atoms. The zero-order valence-electron chi connectivity index (χ0n) is 11.5. The average molecular weight is 292 g/mol. The van der Waals surface area contributed by atoms with E-state index in [4.69, 9.17) is 0 Å². The Hall–Kier alpha value is -2.57. The Labute approximate surface area is 120 Å². The van der Waals surface area contributed by atoms with Gasteiger partial charge in [0.25, 0.3) is 5.91 Å². The van der Waals surface area contributed by atoms with Crippen molar-refractivity contribution in [1.29, 1.82) is 0 Å². The van der Waals surface area contributed by atoms with Crippen molar-refractivity contribution in [3.8, 4) is 0 Å². The zero-order valence-corrected chi connectivity index (χ0v) is 11.5. The molecule has 1 heterocycles. The number of anilines is 2. The number of nitrogens with zero attached hydrogens (tertiary/aromatic N) is 2. The van der Waals surface area contributed by atoms with Gasteiger partial charge in [0.05, 0.1) is 12.4 Å². The lowest BCUT2D eigenvalue weighted by molar-refractivity contribution is 0.102. The monoisotopic (exact) mass is 292 g/mol. The molecule has 1 aromatic heterocycles. The van der Waals surface area contributed by atoms with Gasteiger partial charge in [0.2, 0.25) is 0 Å². The first-order valence-electron chi connectivity index (χ1n) is 6.30. The first-order valence-corrected chi connectivity index (χ1v) is 6.30. The second-order valence-electron chi connectivity index (χ2n) is 4.67. The van der Waals surface area contributed by atoms with Crippen LogP contribution >= 0.6 is 0 Å². The van der Waals surface area contributed by atoms with Gasteiger partial charge >= 0.3 is 0 Å². The molecule has 0 radical (unpaired) electrons. The van der Waals surface area contributed by atoms with Crippen molar-refractivity contribution >= 4 is 17.4 Å². The minimum atomic E-state index is -1.03. The highest BCUT2D eigenvalue weighted by molar-refractivity contribution is 6.02. The van der Waals surface area contributed by atoms with Gasteiger partial charge in [-0.25, -0.2) is 18.7 Å². The molecule has 7 heteroatoms. The SMILES string of the molecule is CC(C)Nc1cnc(C(=O)Nc2ccc(F)c(F)c2)cn1. The van der Waals surface area contributed by atoms with Crippen molar-refractivity contribution in [3.05, 3.63) is 47.9 Å². The lowest BCUT2D eigenvalue weighted by Gasteiger charge is -2.09. The average Bonchev–Trinajstić information content (AvgIpc) is 2.43. The van der Waals surface area contributed by atoms with Gasteiger partial charge in [-0.3, -0.25) is 4.79 Å². The normalized spacial score (nSPS) is 10.5. The van der Waals surface area contributed by atoms with Crippen LogP contribution in [0.2, 0.25) is 0 Å². The predicted octanol–water partition coefficient (Wildman–Crippen LogP) is 2.83. The summed E-state index contributed by atoms with van der Waals surface area (Å²) in [6.45, 7) is 3.90. The lowest BCUT2D eigenvalue weighted by Crippen LogP contribution is -2.16. The number of hydrogen-bond acceptors (Lipinski definition) is 4. The van der Waals surface area contributed by atoms with Gasteiger partial charge in [-0.05, 0) is 26.0 Å². The quantitative estimate of drug-likeness (QED) is 0.909. The number of carbonyl (C=O) groups excluding carboxylic acids is 1. The van der Waals surface area contributed by atoms with Crippen LogP contribution in [-0.4, -0.2) is 21.9 Å². The molecule has 0 fully saturated rings. The fourth-order valence-corrected chi connectivity index (χ4v) is 1.58. The van der Waals surface area contributed by atoms with Gasteiger partial charge in [0.1, 0.15) is 11.5 Å². The smallest absolute Gasteiger partial charge is 0.275 e. The van der Waals surface area contributed by atoms with E-state index >= 15 is 0 Å². The van der Waals surface area contributed by atoms with Crippen molar-refractivity contribution in [2.45, 2.75) is 19.9 Å². The minimum Gasteiger partial charge on any atom is -0.367 e. The van der Waals surface area contributed by atoms with Crippen LogP contribution in [0.3, 0.4) is 0 Å². The van der Waals surface area contributed by atoms with Crippen LogP contribution in [0.5, 0.6) is 0 Å². The summed E-state index contributed by atoms with van der Waals surface area (Å²) in [5.41, 5.74) is 0.221. The van der Waals surface area contributed by atoms with E-state index in [1.807, 2.05) is 13.8 Å². The number of aromatic nitrogens is 2. The van der Waals surface area contributed by atoms with Crippen LogP contribution in [0.1, 0.15) is 24.3 Å². The van der Waals surface area contributed by atoms with Crippen LogP contribution in [0.15, 0.2) is 30.6 Å². The Morgan fingerprint density at radius 1 is 1.14 bits per heavy atom. The number of amides is 1. The summed E-state index contributed by atoms with van der Waals surface area (Å²) in [6.07, 6.45) is 2.74. The van der Waals surface area contributed by atoms with E-state index in [0.717, 1.165) is 12.1 Å². The summed E-state index contributed by atoms with van der Waals surface area (Å²) in [7, 11) is 0. The largest absolute Gasteiger partial charge is 0.367 e. The Balaban J connectivity index is 2.07. The Bertz CT molecular complexity index is 644. The summed E-state index contributed by atoms with van der Waals surface area (Å²) in [5, 5.41) is 5.46. The Morgan fingerprint density at radius 3 is 2.48 bits per heavy atom. The van der Waals surface area contributed by atoms with E-state index in [0.29, 0.717) is 5.82 Å². The molecule has 0 unspecified atom stereocenters. The number of benzene rings is 1. The second kappa shape index (κ2) is 6.25. The molecule has 0 atom stereocenters. The number of halogens is 2. The maximum atomic E-state index is 13.0. The zero-order chi connectivity index (χ0) is 15.4. The van der Waals surface area contributed by atoms with E-state index in [-0.39, 0.29) is 17.4 Å². The number of nitrogens with one attached hydrogen (secondary N) is 2. The van der Waals surface area contributed by atoms with Gasteiger partial charge in [-0.15, -0.1) is 0 Å². The highest BCUT2D eigenvalue weighted by Crippen LogP contribution is 2.14. The molecule has 21 heavy (non-hydrogen) atoms. The van der Waals surface area contributed by atoms with Gasteiger partial charge < -0.3 is 10.6 Å². The van der Waals surface area contributed by atoms with Crippen LogP contribution < -0.4 is 10.6 Å². The topological polar surface area (TPSA) is 66.9 Å².